The molecule has 0 aromatic heterocycles. The van der Waals surface area contributed by atoms with Crippen molar-refractivity contribution in [3.63, 3.8) is 0 Å². The molecule has 1 fully saturated rings. The van der Waals surface area contributed by atoms with Crippen LogP contribution in [0.3, 0.4) is 0 Å². The van der Waals surface area contributed by atoms with Crippen LogP contribution in [0, 0.1) is 11.7 Å². The first-order valence-electron chi connectivity index (χ1n) is 8.60. The van der Waals surface area contributed by atoms with Crippen LogP contribution < -0.4 is 4.74 Å². The van der Waals surface area contributed by atoms with E-state index in [1.165, 1.54) is 6.07 Å². The highest BCUT2D eigenvalue weighted by molar-refractivity contribution is 5.34. The summed E-state index contributed by atoms with van der Waals surface area (Å²) < 4.78 is 30.7. The molecule has 5 heteroatoms. The first-order chi connectivity index (χ1) is 11.3. The van der Waals surface area contributed by atoms with Gasteiger partial charge < -0.3 is 14.2 Å². The normalized spacial score (nSPS) is 24.3. The van der Waals surface area contributed by atoms with Gasteiger partial charge in [-0.05, 0) is 43.4 Å². The summed E-state index contributed by atoms with van der Waals surface area (Å²) in [5.74, 6) is 1.15. The lowest BCUT2D eigenvalue weighted by Crippen LogP contribution is -2.33. The van der Waals surface area contributed by atoms with E-state index in [4.69, 9.17) is 14.2 Å². The van der Waals surface area contributed by atoms with Crippen LogP contribution in [0.25, 0.3) is 0 Å². The lowest BCUT2D eigenvalue weighted by molar-refractivity contribution is 0.0852. The Hall–Kier alpha value is -1.17. The Morgan fingerprint density at radius 3 is 2.87 bits per heavy atom. The minimum Gasteiger partial charge on any atom is -0.493 e. The predicted octanol–water partition coefficient (Wildman–Crippen LogP) is 2.85. The number of fused-ring (bicyclic) bond motifs is 1. The minimum absolute atomic E-state index is 0.208. The van der Waals surface area contributed by atoms with Crippen molar-refractivity contribution >= 4 is 0 Å². The molecule has 1 saturated heterocycles. The third-order valence-electron chi connectivity index (χ3n) is 4.45. The maximum Gasteiger partial charge on any atom is 0.123 e. The van der Waals surface area contributed by atoms with Gasteiger partial charge in [0.2, 0.25) is 0 Å². The summed E-state index contributed by atoms with van der Waals surface area (Å²) in [4.78, 5) is 2.34. The van der Waals surface area contributed by atoms with Crippen molar-refractivity contribution in [2.75, 3.05) is 46.1 Å². The van der Waals surface area contributed by atoms with Crippen LogP contribution in [-0.2, 0) is 16.0 Å². The zero-order valence-corrected chi connectivity index (χ0v) is 13.6. The number of rotatable bonds is 2. The molecule has 0 amide bonds. The molecule has 0 radical (unpaired) electrons. The molecule has 1 aromatic rings. The average Bonchev–Trinajstić information content (AvgIpc) is 3.03. The van der Waals surface area contributed by atoms with Crippen LogP contribution in [0.1, 0.15) is 24.8 Å². The van der Waals surface area contributed by atoms with Gasteiger partial charge in [-0.15, -0.1) is 0 Å². The quantitative estimate of drug-likeness (QED) is 0.837. The maximum atomic E-state index is 13.7. The molecule has 1 unspecified atom stereocenters. The highest BCUT2D eigenvalue weighted by Gasteiger charge is 2.20. The lowest BCUT2D eigenvalue weighted by atomic mass is 10.1. The summed E-state index contributed by atoms with van der Waals surface area (Å²) in [5.41, 5.74) is 0.921. The van der Waals surface area contributed by atoms with Gasteiger partial charge in [0, 0.05) is 38.4 Å². The second-order valence-corrected chi connectivity index (χ2v) is 6.38. The van der Waals surface area contributed by atoms with E-state index in [2.05, 4.69) is 4.90 Å². The molecule has 0 bridgehead atoms. The van der Waals surface area contributed by atoms with Crippen molar-refractivity contribution in [3.05, 3.63) is 29.6 Å². The molecule has 0 N–H and O–H groups in total. The minimum atomic E-state index is -0.208. The number of hydrogen-bond donors (Lipinski definition) is 0. The maximum absolute atomic E-state index is 13.7. The van der Waals surface area contributed by atoms with Gasteiger partial charge in [-0.1, -0.05) is 0 Å². The van der Waals surface area contributed by atoms with Gasteiger partial charge in [0.15, 0.2) is 0 Å². The Balaban J connectivity index is 1.73. The molecule has 128 valence electrons. The van der Waals surface area contributed by atoms with E-state index in [-0.39, 0.29) is 5.82 Å². The summed E-state index contributed by atoms with van der Waals surface area (Å²) in [6.07, 6.45) is 3.05. The number of halogens is 1. The lowest BCUT2D eigenvalue weighted by Gasteiger charge is -2.26. The standard InChI is InChI=1S/C18H26FNO3/c19-17-3-4-18-16(11-17)13-20(12-15-5-9-22-14-15)6-10-21-7-1-2-8-23-18/h3-4,11,15H,1-2,5-10,12-14H2. The summed E-state index contributed by atoms with van der Waals surface area (Å²) in [6, 6.07) is 4.83. The highest BCUT2D eigenvalue weighted by atomic mass is 19.1. The zero-order chi connectivity index (χ0) is 15.9. The monoisotopic (exact) mass is 323 g/mol. The highest BCUT2D eigenvalue weighted by Crippen LogP contribution is 2.23. The van der Waals surface area contributed by atoms with Gasteiger partial charge in [0.1, 0.15) is 11.6 Å². The van der Waals surface area contributed by atoms with Crippen molar-refractivity contribution in [3.8, 4) is 5.75 Å². The van der Waals surface area contributed by atoms with Gasteiger partial charge in [-0.3, -0.25) is 4.90 Å². The molecule has 2 aliphatic heterocycles. The molecule has 23 heavy (non-hydrogen) atoms. The zero-order valence-electron chi connectivity index (χ0n) is 13.6. The molecular formula is C18H26FNO3. The SMILES string of the molecule is Fc1ccc2c(c1)CN(CC1CCOC1)CCOCCCCO2. The molecule has 1 atom stereocenters. The van der Waals surface area contributed by atoms with E-state index in [0.717, 1.165) is 70.1 Å². The van der Waals surface area contributed by atoms with Crippen molar-refractivity contribution < 1.29 is 18.6 Å². The van der Waals surface area contributed by atoms with E-state index in [0.29, 0.717) is 19.1 Å². The van der Waals surface area contributed by atoms with Crippen molar-refractivity contribution in [2.45, 2.75) is 25.8 Å². The van der Waals surface area contributed by atoms with Crippen LogP contribution in [-0.4, -0.2) is 51.0 Å². The Morgan fingerprint density at radius 2 is 2.00 bits per heavy atom. The molecule has 2 aliphatic rings. The van der Waals surface area contributed by atoms with E-state index in [1.54, 1.807) is 12.1 Å². The van der Waals surface area contributed by atoms with Crippen LogP contribution in [0.2, 0.25) is 0 Å². The summed E-state index contributed by atoms with van der Waals surface area (Å²) in [6.45, 7) is 6.32. The molecule has 0 spiro atoms. The summed E-state index contributed by atoms with van der Waals surface area (Å²) >= 11 is 0. The van der Waals surface area contributed by atoms with Gasteiger partial charge in [0.25, 0.3) is 0 Å². The molecule has 3 rings (SSSR count). The summed E-state index contributed by atoms with van der Waals surface area (Å²) in [5, 5.41) is 0. The van der Waals surface area contributed by atoms with Gasteiger partial charge in [0.05, 0.1) is 19.8 Å². The number of benzene rings is 1. The first-order valence-corrected chi connectivity index (χ1v) is 8.60. The molecular weight excluding hydrogens is 297 g/mol. The largest absolute Gasteiger partial charge is 0.493 e. The van der Waals surface area contributed by atoms with Crippen LogP contribution in [0.15, 0.2) is 18.2 Å². The van der Waals surface area contributed by atoms with Crippen LogP contribution in [0.4, 0.5) is 4.39 Å². The van der Waals surface area contributed by atoms with Crippen LogP contribution in [0.5, 0.6) is 5.75 Å². The number of hydrogen-bond acceptors (Lipinski definition) is 4. The molecule has 1 aromatic carbocycles. The van der Waals surface area contributed by atoms with E-state index in [1.807, 2.05) is 0 Å². The van der Waals surface area contributed by atoms with Gasteiger partial charge in [-0.25, -0.2) is 4.39 Å². The first kappa shape index (κ1) is 16.7. The number of ether oxygens (including phenoxy) is 3. The Kier molecular flexibility index (Phi) is 6.25. The summed E-state index contributed by atoms with van der Waals surface area (Å²) in [7, 11) is 0. The van der Waals surface area contributed by atoms with E-state index in [9.17, 15) is 4.39 Å². The fraction of sp³-hybridized carbons (Fsp3) is 0.667. The predicted molar refractivity (Wildman–Crippen MR) is 86.2 cm³/mol. The van der Waals surface area contributed by atoms with Gasteiger partial charge in [-0.2, -0.15) is 0 Å². The second kappa shape index (κ2) is 8.62. The van der Waals surface area contributed by atoms with Crippen molar-refractivity contribution in [1.82, 2.24) is 4.90 Å². The third kappa shape index (κ3) is 5.16. The van der Waals surface area contributed by atoms with E-state index >= 15 is 0 Å². The molecule has 0 aliphatic carbocycles. The van der Waals surface area contributed by atoms with Crippen LogP contribution >= 0.6 is 0 Å². The Bertz CT molecular complexity index is 491. The van der Waals surface area contributed by atoms with Crippen molar-refractivity contribution in [1.29, 1.82) is 0 Å². The van der Waals surface area contributed by atoms with Gasteiger partial charge >= 0.3 is 0 Å². The molecule has 2 heterocycles. The molecule has 4 nitrogen and oxygen atoms in total. The average molecular weight is 323 g/mol. The third-order valence-corrected chi connectivity index (χ3v) is 4.45. The van der Waals surface area contributed by atoms with E-state index < -0.39 is 0 Å². The Labute approximate surface area is 137 Å². The fourth-order valence-electron chi connectivity index (χ4n) is 3.16. The Morgan fingerprint density at radius 1 is 1.09 bits per heavy atom. The second-order valence-electron chi connectivity index (χ2n) is 6.38. The molecule has 0 saturated carbocycles. The topological polar surface area (TPSA) is 30.9 Å². The van der Waals surface area contributed by atoms with Crippen molar-refractivity contribution in [2.24, 2.45) is 5.92 Å². The number of nitrogens with zero attached hydrogens (tertiary/aromatic N) is 1. The fourth-order valence-corrected chi connectivity index (χ4v) is 3.16. The smallest absolute Gasteiger partial charge is 0.123 e.